The van der Waals surface area contributed by atoms with Crippen LogP contribution in [0.2, 0.25) is 0 Å². The number of thioether (sulfide) groups is 1. The van der Waals surface area contributed by atoms with E-state index in [1.165, 1.54) is 23.9 Å². The maximum absolute atomic E-state index is 13.0. The van der Waals surface area contributed by atoms with E-state index in [-0.39, 0.29) is 4.88 Å². The van der Waals surface area contributed by atoms with Crippen LogP contribution in [0.25, 0.3) is 0 Å². The van der Waals surface area contributed by atoms with Crippen molar-refractivity contribution in [2.45, 2.75) is 17.0 Å². The first kappa shape index (κ1) is 14.0. The van der Waals surface area contributed by atoms with E-state index in [0.717, 1.165) is 17.4 Å². The monoisotopic (exact) mass is 301 g/mol. The topological polar surface area (TPSA) is 50.2 Å². The molecule has 0 aliphatic heterocycles. The zero-order valence-corrected chi connectivity index (χ0v) is 11.4. The molecule has 0 bridgehead atoms. The molecule has 1 aromatic heterocycles. The second-order valence-corrected chi connectivity index (χ2v) is 5.99. The van der Waals surface area contributed by atoms with Gasteiger partial charge in [-0.15, -0.1) is 11.3 Å². The average molecular weight is 301 g/mol. The Morgan fingerprint density at radius 1 is 1.37 bits per heavy atom. The number of hydrogen-bond acceptors (Lipinski definition) is 4. The number of benzene rings is 1. The lowest BCUT2D eigenvalue weighted by atomic mass is 10.2. The Morgan fingerprint density at radius 2 is 2.00 bits per heavy atom. The minimum atomic E-state index is -1.02. The van der Waals surface area contributed by atoms with Gasteiger partial charge in [-0.25, -0.2) is 18.6 Å². The smallest absolute Gasteiger partial charge is 0.347 e. The molecule has 0 fully saturated rings. The van der Waals surface area contributed by atoms with Gasteiger partial charge >= 0.3 is 5.97 Å². The Labute approximate surface area is 116 Å². The first-order valence-electron chi connectivity index (χ1n) is 5.24. The molecular formula is C12H9F2NO2S2. The highest BCUT2D eigenvalue weighted by Gasteiger charge is 2.14. The third-order valence-electron chi connectivity index (χ3n) is 2.26. The Balaban J connectivity index is 2.10. The highest BCUT2D eigenvalue weighted by Crippen LogP contribution is 2.29. The zero-order valence-electron chi connectivity index (χ0n) is 9.81. The molecule has 2 rings (SSSR count). The van der Waals surface area contributed by atoms with Gasteiger partial charge in [-0.3, -0.25) is 0 Å². The van der Waals surface area contributed by atoms with Gasteiger partial charge in [-0.2, -0.15) is 0 Å². The predicted molar refractivity (Wildman–Crippen MR) is 69.7 cm³/mol. The summed E-state index contributed by atoms with van der Waals surface area (Å²) >= 11 is 2.31. The van der Waals surface area contributed by atoms with Crippen molar-refractivity contribution >= 4 is 29.1 Å². The lowest BCUT2D eigenvalue weighted by Gasteiger charge is -2.00. The molecule has 0 saturated heterocycles. The van der Waals surface area contributed by atoms with Gasteiger partial charge in [-0.1, -0.05) is 11.8 Å². The zero-order chi connectivity index (χ0) is 14.0. The number of thiazole rings is 1. The second kappa shape index (κ2) is 5.66. The third kappa shape index (κ3) is 3.51. The Bertz CT molecular complexity index is 608. The number of halogens is 2. The van der Waals surface area contributed by atoms with Gasteiger partial charge in [0.15, 0.2) is 4.34 Å². The molecule has 0 atom stereocenters. The van der Waals surface area contributed by atoms with Crippen LogP contribution in [0.5, 0.6) is 0 Å². The SMILES string of the molecule is Cc1nc(SCc2cc(F)cc(F)c2)sc1C(=O)O. The van der Waals surface area contributed by atoms with E-state index in [4.69, 9.17) is 5.11 Å². The van der Waals surface area contributed by atoms with Crippen LogP contribution >= 0.6 is 23.1 Å². The standard InChI is InChI=1S/C12H9F2NO2S2/c1-6-10(11(16)17)19-12(15-6)18-5-7-2-8(13)4-9(14)3-7/h2-4H,5H2,1H3,(H,16,17). The molecule has 100 valence electrons. The van der Waals surface area contributed by atoms with Crippen LogP contribution in [0.3, 0.4) is 0 Å². The summed E-state index contributed by atoms with van der Waals surface area (Å²) in [7, 11) is 0. The van der Waals surface area contributed by atoms with Crippen LogP contribution in [0.4, 0.5) is 8.78 Å². The summed E-state index contributed by atoms with van der Waals surface area (Å²) in [5.74, 6) is -1.94. The Hall–Kier alpha value is -1.47. The van der Waals surface area contributed by atoms with Crippen LogP contribution < -0.4 is 0 Å². The summed E-state index contributed by atoms with van der Waals surface area (Å²) in [6.07, 6.45) is 0. The summed E-state index contributed by atoms with van der Waals surface area (Å²) in [6, 6.07) is 3.30. The fourth-order valence-electron chi connectivity index (χ4n) is 1.47. The van der Waals surface area contributed by atoms with Crippen molar-refractivity contribution in [1.82, 2.24) is 4.98 Å². The molecule has 3 nitrogen and oxygen atoms in total. The predicted octanol–water partition coefficient (Wildman–Crippen LogP) is 3.72. The lowest BCUT2D eigenvalue weighted by molar-refractivity contribution is 0.0701. The molecule has 1 aromatic carbocycles. The van der Waals surface area contributed by atoms with Crippen LogP contribution in [0, 0.1) is 18.6 Å². The van der Waals surface area contributed by atoms with E-state index in [2.05, 4.69) is 4.98 Å². The molecule has 0 radical (unpaired) electrons. The van der Waals surface area contributed by atoms with Crippen LogP contribution in [0.15, 0.2) is 22.5 Å². The first-order chi connectivity index (χ1) is 8.95. The summed E-state index contributed by atoms with van der Waals surface area (Å²) < 4.78 is 26.5. The second-order valence-electron chi connectivity index (χ2n) is 3.77. The van der Waals surface area contributed by atoms with Crippen LogP contribution in [0.1, 0.15) is 20.9 Å². The van der Waals surface area contributed by atoms with Crippen molar-refractivity contribution in [2.24, 2.45) is 0 Å². The normalized spacial score (nSPS) is 10.7. The molecule has 0 saturated carbocycles. The van der Waals surface area contributed by atoms with Gasteiger partial charge in [-0.05, 0) is 24.6 Å². The molecule has 0 aliphatic carbocycles. The van der Waals surface area contributed by atoms with Gasteiger partial charge in [0.05, 0.1) is 5.69 Å². The van der Waals surface area contributed by atoms with Gasteiger partial charge < -0.3 is 5.11 Å². The highest BCUT2D eigenvalue weighted by atomic mass is 32.2. The number of carboxylic acid groups (broad SMARTS) is 1. The van der Waals surface area contributed by atoms with Gasteiger partial charge in [0.25, 0.3) is 0 Å². The minimum Gasteiger partial charge on any atom is -0.477 e. The van der Waals surface area contributed by atoms with Crippen molar-refractivity contribution in [2.75, 3.05) is 0 Å². The number of aromatic nitrogens is 1. The number of aromatic carboxylic acids is 1. The molecule has 7 heteroatoms. The highest BCUT2D eigenvalue weighted by molar-refractivity contribution is 8.00. The van der Waals surface area contributed by atoms with Crippen LogP contribution in [-0.2, 0) is 5.75 Å². The molecular weight excluding hydrogens is 292 g/mol. The molecule has 19 heavy (non-hydrogen) atoms. The molecule has 1 N–H and O–H groups in total. The fraction of sp³-hybridized carbons (Fsp3) is 0.167. The number of aryl methyl sites for hydroxylation is 1. The van der Waals surface area contributed by atoms with E-state index >= 15 is 0 Å². The molecule has 0 aliphatic rings. The molecule has 0 amide bonds. The summed E-state index contributed by atoms with van der Waals surface area (Å²) in [4.78, 5) is 15.2. The average Bonchev–Trinajstić information content (AvgIpc) is 2.67. The van der Waals surface area contributed by atoms with E-state index in [0.29, 0.717) is 21.3 Å². The number of rotatable bonds is 4. The molecule has 2 aromatic rings. The van der Waals surface area contributed by atoms with Crippen molar-refractivity contribution in [3.8, 4) is 0 Å². The van der Waals surface area contributed by atoms with E-state index < -0.39 is 17.6 Å². The largest absolute Gasteiger partial charge is 0.477 e. The fourth-order valence-corrected chi connectivity index (χ4v) is 3.43. The van der Waals surface area contributed by atoms with Crippen LogP contribution in [-0.4, -0.2) is 16.1 Å². The minimum absolute atomic E-state index is 0.188. The van der Waals surface area contributed by atoms with Crippen molar-refractivity contribution in [1.29, 1.82) is 0 Å². The molecule has 0 unspecified atom stereocenters. The quantitative estimate of drug-likeness (QED) is 0.874. The maximum atomic E-state index is 13.0. The van der Waals surface area contributed by atoms with Gasteiger partial charge in [0.2, 0.25) is 0 Å². The maximum Gasteiger partial charge on any atom is 0.347 e. The van der Waals surface area contributed by atoms with E-state index in [1.807, 2.05) is 0 Å². The van der Waals surface area contributed by atoms with Gasteiger partial charge in [0, 0.05) is 11.8 Å². The Kier molecular flexibility index (Phi) is 4.16. The molecule has 0 spiro atoms. The van der Waals surface area contributed by atoms with E-state index in [1.54, 1.807) is 6.92 Å². The number of hydrogen-bond donors (Lipinski definition) is 1. The number of carbonyl (C=O) groups is 1. The lowest BCUT2D eigenvalue weighted by Crippen LogP contribution is -1.94. The molecule has 1 heterocycles. The number of nitrogens with zero attached hydrogens (tertiary/aromatic N) is 1. The van der Waals surface area contributed by atoms with Crippen molar-refractivity contribution in [3.05, 3.63) is 46.0 Å². The van der Waals surface area contributed by atoms with Crippen molar-refractivity contribution in [3.63, 3.8) is 0 Å². The van der Waals surface area contributed by atoms with Gasteiger partial charge in [0.1, 0.15) is 16.5 Å². The Morgan fingerprint density at radius 3 is 2.53 bits per heavy atom. The van der Waals surface area contributed by atoms with E-state index in [9.17, 15) is 13.6 Å². The number of carboxylic acids is 1. The summed E-state index contributed by atoms with van der Waals surface area (Å²) in [6.45, 7) is 1.62. The summed E-state index contributed by atoms with van der Waals surface area (Å²) in [5, 5.41) is 8.90. The summed E-state index contributed by atoms with van der Waals surface area (Å²) in [5.41, 5.74) is 0.942. The third-order valence-corrected chi connectivity index (χ3v) is 4.62. The first-order valence-corrected chi connectivity index (χ1v) is 7.04. The van der Waals surface area contributed by atoms with Crippen molar-refractivity contribution < 1.29 is 18.7 Å².